The van der Waals surface area contributed by atoms with Crippen molar-refractivity contribution in [1.82, 2.24) is 15.1 Å². The van der Waals surface area contributed by atoms with E-state index in [1.54, 1.807) is 0 Å². The molecule has 0 radical (unpaired) electrons. The largest absolute Gasteiger partial charge is 0.366 e. The van der Waals surface area contributed by atoms with Gasteiger partial charge in [0.05, 0.1) is 23.8 Å². The van der Waals surface area contributed by atoms with Crippen LogP contribution in [0, 0.1) is 13.8 Å². The molecule has 2 aromatic rings. The summed E-state index contributed by atoms with van der Waals surface area (Å²) in [5.74, 6) is 0. The molecule has 19 heavy (non-hydrogen) atoms. The van der Waals surface area contributed by atoms with Crippen molar-refractivity contribution in [3.05, 3.63) is 41.7 Å². The highest BCUT2D eigenvalue weighted by Crippen LogP contribution is 2.19. The van der Waals surface area contributed by atoms with Crippen molar-refractivity contribution in [3.8, 4) is 5.69 Å². The van der Waals surface area contributed by atoms with Gasteiger partial charge < -0.3 is 10.2 Å². The van der Waals surface area contributed by atoms with Crippen molar-refractivity contribution in [2.75, 3.05) is 31.1 Å². The first-order valence-electron chi connectivity index (χ1n) is 6.82. The molecule has 1 saturated heterocycles. The van der Waals surface area contributed by atoms with Crippen LogP contribution in [-0.2, 0) is 0 Å². The Hall–Kier alpha value is -1.81. The fourth-order valence-electron chi connectivity index (χ4n) is 2.50. The Kier molecular flexibility index (Phi) is 3.25. The second-order valence-electron chi connectivity index (χ2n) is 5.17. The van der Waals surface area contributed by atoms with Crippen LogP contribution in [0.3, 0.4) is 0 Å². The second kappa shape index (κ2) is 5.05. The van der Waals surface area contributed by atoms with Gasteiger partial charge in [0.15, 0.2) is 0 Å². The van der Waals surface area contributed by atoms with Crippen molar-refractivity contribution in [2.24, 2.45) is 0 Å². The minimum atomic E-state index is 1.05. The molecular weight excluding hydrogens is 236 g/mol. The SMILES string of the molecule is Cc1ccc(C)c(-n2cc(N3CCNCC3)cn2)c1. The quantitative estimate of drug-likeness (QED) is 0.891. The Morgan fingerprint density at radius 3 is 2.74 bits per heavy atom. The van der Waals surface area contributed by atoms with Crippen LogP contribution in [0.4, 0.5) is 5.69 Å². The number of hydrogen-bond acceptors (Lipinski definition) is 3. The first-order valence-corrected chi connectivity index (χ1v) is 6.82. The summed E-state index contributed by atoms with van der Waals surface area (Å²) < 4.78 is 1.99. The van der Waals surface area contributed by atoms with Crippen LogP contribution in [0.5, 0.6) is 0 Å². The highest BCUT2D eigenvalue weighted by molar-refractivity contribution is 5.48. The normalized spacial score (nSPS) is 15.8. The summed E-state index contributed by atoms with van der Waals surface area (Å²) in [5, 5.41) is 7.89. The molecule has 1 aliphatic heterocycles. The Morgan fingerprint density at radius 1 is 1.16 bits per heavy atom. The number of piperazine rings is 1. The highest BCUT2D eigenvalue weighted by atomic mass is 15.3. The van der Waals surface area contributed by atoms with Gasteiger partial charge in [0, 0.05) is 26.2 Å². The van der Waals surface area contributed by atoms with Crippen LogP contribution in [-0.4, -0.2) is 36.0 Å². The van der Waals surface area contributed by atoms with Gasteiger partial charge in [0.1, 0.15) is 0 Å². The Balaban J connectivity index is 1.89. The lowest BCUT2D eigenvalue weighted by atomic mass is 10.1. The van der Waals surface area contributed by atoms with Crippen LogP contribution in [0.25, 0.3) is 5.69 Å². The summed E-state index contributed by atoms with van der Waals surface area (Å²) in [6, 6.07) is 6.47. The highest BCUT2D eigenvalue weighted by Gasteiger charge is 2.13. The first-order chi connectivity index (χ1) is 9.24. The molecule has 0 spiro atoms. The van der Waals surface area contributed by atoms with E-state index in [1.807, 2.05) is 10.9 Å². The molecule has 4 heteroatoms. The molecule has 100 valence electrons. The summed E-state index contributed by atoms with van der Waals surface area (Å²) in [5.41, 5.74) is 4.89. The average Bonchev–Trinajstić information content (AvgIpc) is 2.92. The lowest BCUT2D eigenvalue weighted by Gasteiger charge is -2.27. The zero-order valence-corrected chi connectivity index (χ0v) is 11.6. The predicted octanol–water partition coefficient (Wildman–Crippen LogP) is 1.90. The molecule has 1 fully saturated rings. The maximum absolute atomic E-state index is 4.52. The van der Waals surface area contributed by atoms with Crippen molar-refractivity contribution in [2.45, 2.75) is 13.8 Å². The Labute approximate surface area is 114 Å². The second-order valence-corrected chi connectivity index (χ2v) is 5.17. The van der Waals surface area contributed by atoms with E-state index in [2.05, 4.69) is 53.6 Å². The molecule has 0 saturated carbocycles. The molecule has 1 aliphatic rings. The van der Waals surface area contributed by atoms with Crippen LogP contribution in [0.1, 0.15) is 11.1 Å². The number of hydrogen-bond donors (Lipinski definition) is 1. The van der Waals surface area contributed by atoms with Crippen molar-refractivity contribution in [3.63, 3.8) is 0 Å². The Morgan fingerprint density at radius 2 is 1.95 bits per heavy atom. The van der Waals surface area contributed by atoms with E-state index in [9.17, 15) is 0 Å². The van der Waals surface area contributed by atoms with E-state index in [1.165, 1.54) is 22.5 Å². The van der Waals surface area contributed by atoms with Crippen LogP contribution in [0.2, 0.25) is 0 Å². The minimum Gasteiger partial charge on any atom is -0.366 e. The van der Waals surface area contributed by atoms with Gasteiger partial charge in [0.25, 0.3) is 0 Å². The molecule has 1 aromatic heterocycles. The van der Waals surface area contributed by atoms with Crippen LogP contribution < -0.4 is 10.2 Å². The third kappa shape index (κ3) is 2.49. The van der Waals surface area contributed by atoms with Crippen molar-refractivity contribution < 1.29 is 0 Å². The summed E-state index contributed by atoms with van der Waals surface area (Å²) in [7, 11) is 0. The van der Waals surface area contributed by atoms with E-state index in [0.29, 0.717) is 0 Å². The molecular formula is C15H20N4. The molecule has 2 heterocycles. The maximum Gasteiger partial charge on any atom is 0.0758 e. The van der Waals surface area contributed by atoms with Crippen LogP contribution >= 0.6 is 0 Å². The minimum absolute atomic E-state index is 1.05. The Bertz CT molecular complexity index is 567. The van der Waals surface area contributed by atoms with Gasteiger partial charge >= 0.3 is 0 Å². The molecule has 0 unspecified atom stereocenters. The molecule has 0 bridgehead atoms. The van der Waals surface area contributed by atoms with Gasteiger partial charge in [-0.2, -0.15) is 5.10 Å². The molecule has 1 N–H and O–H groups in total. The van der Waals surface area contributed by atoms with Crippen LogP contribution in [0.15, 0.2) is 30.6 Å². The van der Waals surface area contributed by atoms with E-state index in [-0.39, 0.29) is 0 Å². The number of aryl methyl sites for hydroxylation is 2. The first kappa shape index (κ1) is 12.2. The number of aromatic nitrogens is 2. The fraction of sp³-hybridized carbons (Fsp3) is 0.400. The van der Waals surface area contributed by atoms with Crippen molar-refractivity contribution >= 4 is 5.69 Å². The maximum atomic E-state index is 4.52. The fourth-order valence-corrected chi connectivity index (χ4v) is 2.50. The molecule has 1 aromatic carbocycles. The number of anilines is 1. The van der Waals surface area contributed by atoms with Gasteiger partial charge in [-0.15, -0.1) is 0 Å². The summed E-state index contributed by atoms with van der Waals surface area (Å²) in [6.07, 6.45) is 4.10. The lowest BCUT2D eigenvalue weighted by Crippen LogP contribution is -2.43. The molecule has 3 rings (SSSR count). The van der Waals surface area contributed by atoms with Gasteiger partial charge in [-0.05, 0) is 31.0 Å². The molecule has 0 atom stereocenters. The number of rotatable bonds is 2. The van der Waals surface area contributed by atoms with E-state index in [4.69, 9.17) is 0 Å². The number of nitrogens with one attached hydrogen (secondary N) is 1. The number of benzene rings is 1. The summed E-state index contributed by atoms with van der Waals surface area (Å²) in [6.45, 7) is 8.45. The van der Waals surface area contributed by atoms with Gasteiger partial charge in [-0.25, -0.2) is 4.68 Å². The van der Waals surface area contributed by atoms with Gasteiger partial charge in [-0.3, -0.25) is 0 Å². The molecule has 0 aliphatic carbocycles. The monoisotopic (exact) mass is 256 g/mol. The zero-order chi connectivity index (χ0) is 13.2. The van der Waals surface area contributed by atoms with Gasteiger partial charge in [-0.1, -0.05) is 12.1 Å². The van der Waals surface area contributed by atoms with Gasteiger partial charge in [0.2, 0.25) is 0 Å². The zero-order valence-electron chi connectivity index (χ0n) is 11.6. The molecule has 0 amide bonds. The standard InChI is InChI=1S/C15H20N4/c1-12-3-4-13(2)15(9-12)19-11-14(10-17-19)18-7-5-16-6-8-18/h3-4,9-11,16H,5-8H2,1-2H3. The smallest absolute Gasteiger partial charge is 0.0758 e. The van der Waals surface area contributed by atoms with E-state index >= 15 is 0 Å². The predicted molar refractivity (Wildman–Crippen MR) is 78.1 cm³/mol. The van der Waals surface area contributed by atoms with Crippen molar-refractivity contribution in [1.29, 1.82) is 0 Å². The summed E-state index contributed by atoms with van der Waals surface area (Å²) in [4.78, 5) is 2.38. The summed E-state index contributed by atoms with van der Waals surface area (Å²) >= 11 is 0. The van der Waals surface area contributed by atoms with E-state index in [0.717, 1.165) is 26.2 Å². The van der Waals surface area contributed by atoms with E-state index < -0.39 is 0 Å². The number of nitrogens with zero attached hydrogens (tertiary/aromatic N) is 3. The third-order valence-corrected chi connectivity index (χ3v) is 3.66. The third-order valence-electron chi connectivity index (χ3n) is 3.66. The topological polar surface area (TPSA) is 33.1 Å². The average molecular weight is 256 g/mol. The lowest BCUT2D eigenvalue weighted by molar-refractivity contribution is 0.589. The molecule has 4 nitrogen and oxygen atoms in total.